The second kappa shape index (κ2) is 7.08. The van der Waals surface area contributed by atoms with Crippen molar-refractivity contribution in [3.8, 4) is 11.5 Å². The first-order valence-corrected chi connectivity index (χ1v) is 9.54. The van der Waals surface area contributed by atoms with Gasteiger partial charge < -0.3 is 19.7 Å². The molecule has 0 aliphatic carbocycles. The van der Waals surface area contributed by atoms with Gasteiger partial charge in [0.2, 0.25) is 5.91 Å². The number of carbonyl (C=O) groups excluding carboxylic acids is 1. The number of nitrogens with zero attached hydrogens (tertiary/aromatic N) is 2. The molecule has 0 bridgehead atoms. The number of hydrogen-bond acceptors (Lipinski definition) is 6. The standard InChI is InChI=1S/C20H21N3O3S/c1-12-4-6-16-18(8-12)27-20(22-16)23-10-13(11-23)19(24)21-15-7-5-14(25-2)9-17(15)26-3/h4-9,13H,10-11H2,1-3H3,(H,21,24). The van der Waals surface area contributed by atoms with E-state index in [1.165, 1.54) is 10.3 Å². The van der Waals surface area contributed by atoms with Gasteiger partial charge in [-0.05, 0) is 36.8 Å². The van der Waals surface area contributed by atoms with Crippen molar-refractivity contribution < 1.29 is 14.3 Å². The number of amides is 1. The zero-order valence-electron chi connectivity index (χ0n) is 15.5. The van der Waals surface area contributed by atoms with Crippen molar-refractivity contribution in [3.63, 3.8) is 0 Å². The van der Waals surface area contributed by atoms with Crippen LogP contribution in [-0.4, -0.2) is 38.2 Å². The Hall–Kier alpha value is -2.80. The van der Waals surface area contributed by atoms with Gasteiger partial charge in [0.05, 0.1) is 36.0 Å². The number of thiazole rings is 1. The van der Waals surface area contributed by atoms with Crippen LogP contribution in [0.1, 0.15) is 5.56 Å². The van der Waals surface area contributed by atoms with Gasteiger partial charge in [-0.25, -0.2) is 4.98 Å². The minimum Gasteiger partial charge on any atom is -0.497 e. The van der Waals surface area contributed by atoms with Crippen molar-refractivity contribution in [1.29, 1.82) is 0 Å². The van der Waals surface area contributed by atoms with Gasteiger partial charge in [-0.1, -0.05) is 17.4 Å². The first kappa shape index (κ1) is 17.6. The summed E-state index contributed by atoms with van der Waals surface area (Å²) in [6.07, 6.45) is 0. The molecule has 2 heterocycles. The van der Waals surface area contributed by atoms with Crippen LogP contribution in [0, 0.1) is 12.8 Å². The first-order valence-electron chi connectivity index (χ1n) is 8.72. The quantitative estimate of drug-likeness (QED) is 0.728. The normalized spacial score (nSPS) is 14.1. The SMILES string of the molecule is COc1ccc(NC(=O)C2CN(c3nc4ccc(C)cc4s3)C2)c(OC)c1. The third-order valence-electron chi connectivity index (χ3n) is 4.72. The fourth-order valence-electron chi connectivity index (χ4n) is 3.09. The molecule has 1 aliphatic heterocycles. The van der Waals surface area contributed by atoms with E-state index in [2.05, 4.69) is 34.3 Å². The summed E-state index contributed by atoms with van der Waals surface area (Å²) in [6.45, 7) is 3.42. The van der Waals surface area contributed by atoms with Gasteiger partial charge in [-0.3, -0.25) is 4.79 Å². The van der Waals surface area contributed by atoms with Gasteiger partial charge >= 0.3 is 0 Å². The molecule has 0 spiro atoms. The van der Waals surface area contributed by atoms with Crippen LogP contribution in [0.25, 0.3) is 10.2 Å². The van der Waals surface area contributed by atoms with Crippen LogP contribution in [-0.2, 0) is 4.79 Å². The third kappa shape index (κ3) is 3.42. The second-order valence-corrected chi connectivity index (χ2v) is 7.63. The summed E-state index contributed by atoms with van der Waals surface area (Å²) in [5.74, 6) is 1.20. The molecule has 7 heteroatoms. The molecule has 4 rings (SSSR count). The molecule has 6 nitrogen and oxygen atoms in total. The number of methoxy groups -OCH3 is 2. The van der Waals surface area contributed by atoms with Gasteiger partial charge in [-0.2, -0.15) is 0 Å². The maximum Gasteiger partial charge on any atom is 0.231 e. The predicted molar refractivity (Wildman–Crippen MR) is 108 cm³/mol. The number of carbonyl (C=O) groups is 1. The molecule has 0 radical (unpaired) electrons. The average molecular weight is 383 g/mol. The Morgan fingerprint density at radius 2 is 2.00 bits per heavy atom. The summed E-state index contributed by atoms with van der Waals surface area (Å²) >= 11 is 1.67. The Kier molecular flexibility index (Phi) is 4.61. The van der Waals surface area contributed by atoms with E-state index in [1.54, 1.807) is 43.8 Å². The minimum atomic E-state index is -0.0643. The van der Waals surface area contributed by atoms with Crippen LogP contribution in [0.4, 0.5) is 10.8 Å². The number of aromatic nitrogens is 1. The van der Waals surface area contributed by atoms with Crippen molar-refractivity contribution in [2.75, 3.05) is 37.5 Å². The number of anilines is 2. The molecule has 1 N–H and O–H groups in total. The molecule has 1 aromatic heterocycles. The Balaban J connectivity index is 1.41. The highest BCUT2D eigenvalue weighted by Crippen LogP contribution is 2.34. The largest absolute Gasteiger partial charge is 0.497 e. The molecule has 1 amide bonds. The number of benzene rings is 2. The molecule has 3 aromatic rings. The van der Waals surface area contributed by atoms with Gasteiger partial charge in [0.15, 0.2) is 5.13 Å². The molecule has 1 saturated heterocycles. The summed E-state index contributed by atoms with van der Waals surface area (Å²) in [4.78, 5) is 19.4. The van der Waals surface area contributed by atoms with E-state index in [1.807, 2.05) is 6.07 Å². The van der Waals surface area contributed by atoms with E-state index >= 15 is 0 Å². The molecule has 1 aliphatic rings. The smallest absolute Gasteiger partial charge is 0.231 e. The molecule has 0 atom stereocenters. The Labute approximate surface area is 161 Å². The zero-order valence-corrected chi connectivity index (χ0v) is 16.3. The zero-order chi connectivity index (χ0) is 19.0. The van der Waals surface area contributed by atoms with Crippen LogP contribution in [0.5, 0.6) is 11.5 Å². The van der Waals surface area contributed by atoms with Gasteiger partial charge in [0, 0.05) is 19.2 Å². The van der Waals surface area contributed by atoms with E-state index in [-0.39, 0.29) is 11.8 Å². The van der Waals surface area contributed by atoms with Crippen LogP contribution in [0.3, 0.4) is 0 Å². The molecular weight excluding hydrogens is 362 g/mol. The summed E-state index contributed by atoms with van der Waals surface area (Å²) < 4.78 is 11.7. The highest BCUT2D eigenvalue weighted by molar-refractivity contribution is 7.22. The van der Waals surface area contributed by atoms with Gasteiger partial charge in [0.1, 0.15) is 11.5 Å². The number of rotatable bonds is 5. The Morgan fingerprint density at radius 3 is 2.74 bits per heavy atom. The first-order chi connectivity index (χ1) is 13.1. The lowest BCUT2D eigenvalue weighted by Crippen LogP contribution is -2.52. The summed E-state index contributed by atoms with van der Waals surface area (Å²) in [5.41, 5.74) is 2.89. The van der Waals surface area contributed by atoms with Gasteiger partial charge in [0.25, 0.3) is 0 Å². The summed E-state index contributed by atoms with van der Waals surface area (Å²) in [7, 11) is 3.17. The van der Waals surface area contributed by atoms with Crippen molar-refractivity contribution >= 4 is 38.3 Å². The van der Waals surface area contributed by atoms with Crippen molar-refractivity contribution in [2.24, 2.45) is 5.92 Å². The molecule has 1 fully saturated rings. The monoisotopic (exact) mass is 383 g/mol. The molecule has 27 heavy (non-hydrogen) atoms. The van der Waals surface area contributed by atoms with Crippen LogP contribution >= 0.6 is 11.3 Å². The Bertz CT molecular complexity index is 995. The predicted octanol–water partition coefficient (Wildman–Crippen LogP) is 3.70. The summed E-state index contributed by atoms with van der Waals surface area (Å²) in [6, 6.07) is 11.6. The number of nitrogens with one attached hydrogen (secondary N) is 1. The lowest BCUT2D eigenvalue weighted by atomic mass is 10.00. The lowest BCUT2D eigenvalue weighted by Gasteiger charge is -2.38. The second-order valence-electron chi connectivity index (χ2n) is 6.62. The van der Waals surface area contributed by atoms with Crippen LogP contribution in [0.15, 0.2) is 36.4 Å². The third-order valence-corrected chi connectivity index (χ3v) is 5.80. The van der Waals surface area contributed by atoms with Crippen molar-refractivity contribution in [3.05, 3.63) is 42.0 Å². The fourth-order valence-corrected chi connectivity index (χ4v) is 4.17. The number of hydrogen-bond donors (Lipinski definition) is 1. The van der Waals surface area contributed by atoms with Crippen molar-refractivity contribution in [1.82, 2.24) is 4.98 Å². The molecule has 140 valence electrons. The van der Waals surface area contributed by atoms with E-state index < -0.39 is 0 Å². The number of aryl methyl sites for hydroxylation is 1. The summed E-state index contributed by atoms with van der Waals surface area (Å²) in [5, 5.41) is 3.93. The molecular formula is C20H21N3O3S. The molecule has 2 aromatic carbocycles. The van der Waals surface area contributed by atoms with E-state index in [0.717, 1.165) is 10.6 Å². The number of fused-ring (bicyclic) bond motifs is 1. The topological polar surface area (TPSA) is 63.7 Å². The number of ether oxygens (including phenoxy) is 2. The maximum absolute atomic E-state index is 12.6. The van der Waals surface area contributed by atoms with E-state index in [4.69, 9.17) is 9.47 Å². The maximum atomic E-state index is 12.6. The fraction of sp³-hybridized carbons (Fsp3) is 0.300. The lowest BCUT2D eigenvalue weighted by molar-refractivity contribution is -0.120. The van der Waals surface area contributed by atoms with Gasteiger partial charge in [-0.15, -0.1) is 0 Å². The Morgan fingerprint density at radius 1 is 1.19 bits per heavy atom. The van der Waals surface area contributed by atoms with E-state index in [9.17, 15) is 4.79 Å². The minimum absolute atomic E-state index is 0.00771. The van der Waals surface area contributed by atoms with Crippen LogP contribution in [0.2, 0.25) is 0 Å². The van der Waals surface area contributed by atoms with Crippen molar-refractivity contribution in [2.45, 2.75) is 6.92 Å². The average Bonchev–Trinajstić information content (AvgIpc) is 3.03. The van der Waals surface area contributed by atoms with E-state index in [0.29, 0.717) is 30.3 Å². The molecule has 0 unspecified atom stereocenters. The highest BCUT2D eigenvalue weighted by Gasteiger charge is 2.34. The van der Waals surface area contributed by atoms with Crippen LogP contribution < -0.4 is 19.7 Å². The molecule has 0 saturated carbocycles. The highest BCUT2D eigenvalue weighted by atomic mass is 32.1.